The number of nitrogens with one attached hydrogen (secondary N) is 2. The predicted molar refractivity (Wildman–Crippen MR) is 80.5 cm³/mol. The minimum Gasteiger partial charge on any atom is -0.314 e. The number of hydrogen-bond donors (Lipinski definition) is 2. The van der Waals surface area contributed by atoms with Gasteiger partial charge < -0.3 is 5.32 Å². The average molecular weight is 307 g/mol. The van der Waals surface area contributed by atoms with Crippen LogP contribution in [0.5, 0.6) is 0 Å². The normalized spacial score (nSPS) is 16.8. The zero-order valence-corrected chi connectivity index (χ0v) is 12.3. The van der Waals surface area contributed by atoms with E-state index in [2.05, 4.69) is 15.1 Å². The molecule has 112 valence electrons. The summed E-state index contributed by atoms with van der Waals surface area (Å²) in [6.45, 7) is 2.28. The molecule has 8 heteroatoms. The van der Waals surface area contributed by atoms with E-state index in [-0.39, 0.29) is 0 Å². The summed E-state index contributed by atoms with van der Waals surface area (Å²) < 4.78 is 30.6. The van der Waals surface area contributed by atoms with Crippen molar-refractivity contribution in [2.45, 2.75) is 0 Å². The highest BCUT2D eigenvalue weighted by Gasteiger charge is 2.24. The Labute approximate surface area is 123 Å². The van der Waals surface area contributed by atoms with Crippen molar-refractivity contribution >= 4 is 15.9 Å². The fourth-order valence-corrected chi connectivity index (χ4v) is 3.50. The summed E-state index contributed by atoms with van der Waals surface area (Å²) in [5.41, 5.74) is 1.21. The maximum absolute atomic E-state index is 12.4. The second kappa shape index (κ2) is 5.84. The Morgan fingerprint density at radius 3 is 2.62 bits per heavy atom. The Hall–Kier alpha value is -1.90. The Bertz CT molecular complexity index is 693. The lowest BCUT2D eigenvalue weighted by atomic mass is 10.3. The van der Waals surface area contributed by atoms with Crippen LogP contribution in [0.15, 0.2) is 42.7 Å². The van der Waals surface area contributed by atoms with Crippen molar-refractivity contribution in [3.63, 3.8) is 0 Å². The second-order valence-electron chi connectivity index (χ2n) is 4.72. The van der Waals surface area contributed by atoms with Gasteiger partial charge in [-0.15, -0.1) is 0 Å². The molecule has 7 nitrogen and oxygen atoms in total. The molecule has 3 rings (SSSR count). The molecule has 0 aliphatic carbocycles. The molecule has 0 atom stereocenters. The van der Waals surface area contributed by atoms with Crippen LogP contribution in [0, 0.1) is 0 Å². The lowest BCUT2D eigenvalue weighted by molar-refractivity contribution is 0.362. The van der Waals surface area contributed by atoms with Crippen LogP contribution in [0.1, 0.15) is 0 Å². The molecule has 0 amide bonds. The van der Waals surface area contributed by atoms with E-state index in [1.807, 2.05) is 12.1 Å². The summed E-state index contributed by atoms with van der Waals surface area (Å²) in [7, 11) is -3.55. The standard InChI is InChI=1S/C13H17N5O2S/c19-21(20,17-10-7-14-8-11-17)16-12-4-1-2-5-13(12)18-9-3-6-15-18/h1-6,9,14,16H,7-8,10-11H2. The SMILES string of the molecule is O=S(=O)(Nc1ccccc1-n1cccn1)N1CCNCC1. The zero-order chi connectivity index (χ0) is 14.7. The number of benzene rings is 1. The van der Waals surface area contributed by atoms with Crippen LogP contribution >= 0.6 is 0 Å². The quantitative estimate of drug-likeness (QED) is 0.859. The number of anilines is 1. The highest BCUT2D eigenvalue weighted by atomic mass is 32.2. The molecule has 1 aromatic heterocycles. The highest BCUT2D eigenvalue weighted by molar-refractivity contribution is 7.90. The molecule has 0 bridgehead atoms. The van der Waals surface area contributed by atoms with Crippen molar-refractivity contribution < 1.29 is 8.42 Å². The lowest BCUT2D eigenvalue weighted by Crippen LogP contribution is -2.48. The first-order chi connectivity index (χ1) is 10.2. The number of nitrogens with zero attached hydrogens (tertiary/aromatic N) is 3. The number of aromatic nitrogens is 2. The van der Waals surface area contributed by atoms with E-state index in [1.54, 1.807) is 35.3 Å². The fraction of sp³-hybridized carbons (Fsp3) is 0.308. The second-order valence-corrected chi connectivity index (χ2v) is 6.39. The van der Waals surface area contributed by atoms with Gasteiger partial charge in [-0.2, -0.15) is 17.8 Å². The number of hydrogen-bond acceptors (Lipinski definition) is 4. The molecule has 2 heterocycles. The van der Waals surface area contributed by atoms with Crippen LogP contribution in [0.2, 0.25) is 0 Å². The molecule has 2 N–H and O–H groups in total. The van der Waals surface area contributed by atoms with E-state index in [0.717, 1.165) is 0 Å². The van der Waals surface area contributed by atoms with Gasteiger partial charge in [0.05, 0.1) is 11.4 Å². The molecule has 0 saturated carbocycles. The fourth-order valence-electron chi connectivity index (χ4n) is 2.26. The van der Waals surface area contributed by atoms with Gasteiger partial charge in [-0.3, -0.25) is 4.72 Å². The van der Waals surface area contributed by atoms with E-state index >= 15 is 0 Å². The molecule has 0 unspecified atom stereocenters. The molecule has 1 aliphatic rings. The van der Waals surface area contributed by atoms with Gasteiger partial charge in [-0.05, 0) is 18.2 Å². The van der Waals surface area contributed by atoms with Crippen molar-refractivity contribution in [2.24, 2.45) is 0 Å². The molecule has 0 spiro atoms. The molecular weight excluding hydrogens is 290 g/mol. The van der Waals surface area contributed by atoms with Gasteiger partial charge in [0.25, 0.3) is 0 Å². The van der Waals surface area contributed by atoms with Crippen LogP contribution < -0.4 is 10.0 Å². The molecule has 1 aliphatic heterocycles. The minimum atomic E-state index is -3.55. The van der Waals surface area contributed by atoms with E-state index in [0.29, 0.717) is 37.6 Å². The number of rotatable bonds is 4. The third-order valence-corrected chi connectivity index (χ3v) is 4.83. The van der Waals surface area contributed by atoms with Crippen LogP contribution in [-0.2, 0) is 10.2 Å². The maximum atomic E-state index is 12.4. The van der Waals surface area contributed by atoms with Crippen molar-refractivity contribution in [3.8, 4) is 5.69 Å². The summed E-state index contributed by atoms with van der Waals surface area (Å²) in [6.07, 6.45) is 3.43. The van der Waals surface area contributed by atoms with Crippen LogP contribution in [0.3, 0.4) is 0 Å². The van der Waals surface area contributed by atoms with Gasteiger partial charge in [0.2, 0.25) is 0 Å². The third-order valence-electron chi connectivity index (χ3n) is 3.31. The van der Waals surface area contributed by atoms with Crippen molar-refractivity contribution in [1.29, 1.82) is 0 Å². The number of para-hydroxylation sites is 2. The highest BCUT2D eigenvalue weighted by Crippen LogP contribution is 2.21. The smallest absolute Gasteiger partial charge is 0.301 e. The minimum absolute atomic E-state index is 0.471. The lowest BCUT2D eigenvalue weighted by Gasteiger charge is -2.27. The molecular formula is C13H17N5O2S. The molecule has 2 aromatic rings. The van der Waals surface area contributed by atoms with E-state index < -0.39 is 10.2 Å². The molecule has 0 radical (unpaired) electrons. The zero-order valence-electron chi connectivity index (χ0n) is 11.4. The van der Waals surface area contributed by atoms with Gasteiger partial charge in [-0.1, -0.05) is 12.1 Å². The van der Waals surface area contributed by atoms with Crippen molar-refractivity contribution in [2.75, 3.05) is 30.9 Å². The maximum Gasteiger partial charge on any atom is 0.301 e. The van der Waals surface area contributed by atoms with Gasteiger partial charge in [0.1, 0.15) is 0 Å². The molecule has 21 heavy (non-hydrogen) atoms. The van der Waals surface area contributed by atoms with Crippen molar-refractivity contribution in [1.82, 2.24) is 19.4 Å². The van der Waals surface area contributed by atoms with Crippen LogP contribution in [0.25, 0.3) is 5.69 Å². The van der Waals surface area contributed by atoms with Gasteiger partial charge in [-0.25, -0.2) is 4.68 Å². The van der Waals surface area contributed by atoms with E-state index in [1.165, 1.54) is 4.31 Å². The summed E-state index contributed by atoms with van der Waals surface area (Å²) in [5, 5.41) is 7.28. The first kappa shape index (κ1) is 14.1. The first-order valence-corrected chi connectivity index (χ1v) is 8.18. The monoisotopic (exact) mass is 307 g/mol. The molecule has 1 saturated heterocycles. The summed E-state index contributed by atoms with van der Waals surface area (Å²) in [6, 6.07) is 8.99. The topological polar surface area (TPSA) is 79.3 Å². The van der Waals surface area contributed by atoms with Crippen LogP contribution in [-0.4, -0.2) is 48.7 Å². The molecule has 1 aromatic carbocycles. The Balaban J connectivity index is 1.88. The van der Waals surface area contributed by atoms with Crippen LogP contribution in [0.4, 0.5) is 5.69 Å². The average Bonchev–Trinajstić information content (AvgIpc) is 3.02. The van der Waals surface area contributed by atoms with Gasteiger partial charge in [0.15, 0.2) is 0 Å². The predicted octanol–water partition coefficient (Wildman–Crippen LogP) is 0.434. The van der Waals surface area contributed by atoms with E-state index in [4.69, 9.17) is 0 Å². The first-order valence-electron chi connectivity index (χ1n) is 6.74. The largest absolute Gasteiger partial charge is 0.314 e. The summed E-state index contributed by atoms with van der Waals surface area (Å²) in [5.74, 6) is 0. The number of piperazine rings is 1. The third kappa shape index (κ3) is 3.07. The van der Waals surface area contributed by atoms with Crippen molar-refractivity contribution in [3.05, 3.63) is 42.7 Å². The summed E-state index contributed by atoms with van der Waals surface area (Å²) in [4.78, 5) is 0. The van der Waals surface area contributed by atoms with Gasteiger partial charge in [0, 0.05) is 38.6 Å². The Kier molecular flexibility index (Phi) is 3.91. The van der Waals surface area contributed by atoms with E-state index in [9.17, 15) is 8.42 Å². The van der Waals surface area contributed by atoms with Gasteiger partial charge >= 0.3 is 10.2 Å². The Morgan fingerprint density at radius 1 is 1.14 bits per heavy atom. The summed E-state index contributed by atoms with van der Waals surface area (Å²) >= 11 is 0. The Morgan fingerprint density at radius 2 is 1.90 bits per heavy atom. The molecule has 1 fully saturated rings.